The van der Waals surface area contributed by atoms with Gasteiger partial charge in [-0.25, -0.2) is 36.7 Å². The maximum Gasteiger partial charge on any atom is 0.335 e. The molecule has 2 aromatic rings. The van der Waals surface area contributed by atoms with Crippen LogP contribution in [0.5, 0.6) is 0 Å². The number of carbonyl (C=O) groups excluding carboxylic acids is 1. The van der Waals surface area contributed by atoms with Gasteiger partial charge in [-0.15, -0.1) is 0 Å². The molecule has 0 saturated carbocycles. The van der Waals surface area contributed by atoms with Crippen molar-refractivity contribution in [2.75, 3.05) is 5.32 Å². The van der Waals surface area contributed by atoms with Gasteiger partial charge in [0.05, 0.1) is 4.90 Å². The number of nitrogens with one attached hydrogen (secondary N) is 2. The van der Waals surface area contributed by atoms with Gasteiger partial charge >= 0.3 is 6.03 Å². The normalized spacial score (nSPS) is 11.4. The standard InChI is InChI=1S/C14H14F2N4O3S/c1-8-7-9(2)18-13(17-8)19-14(21)20-24(22,23)11-6-4-3-5-10(11)12(15)16/h3-7,12H,1-2H3,(H2,17,18,19,20,21). The minimum Gasteiger partial charge on any atom is -0.275 e. The summed E-state index contributed by atoms with van der Waals surface area (Å²) in [5.74, 6) is -0.0951. The topological polar surface area (TPSA) is 101 Å². The Balaban J connectivity index is 2.22. The van der Waals surface area contributed by atoms with E-state index in [0.717, 1.165) is 12.1 Å². The first kappa shape index (κ1) is 17.7. The summed E-state index contributed by atoms with van der Waals surface area (Å²) in [4.78, 5) is 19.0. The van der Waals surface area contributed by atoms with Gasteiger partial charge in [-0.1, -0.05) is 18.2 Å². The summed E-state index contributed by atoms with van der Waals surface area (Å²) in [6.07, 6.45) is -3.00. The number of anilines is 1. The van der Waals surface area contributed by atoms with Crippen molar-refractivity contribution in [3.8, 4) is 0 Å². The number of sulfonamides is 1. The lowest BCUT2D eigenvalue weighted by molar-refractivity contribution is 0.148. The van der Waals surface area contributed by atoms with Gasteiger partial charge in [0, 0.05) is 17.0 Å². The average molecular weight is 356 g/mol. The van der Waals surface area contributed by atoms with Crippen LogP contribution in [0.3, 0.4) is 0 Å². The van der Waals surface area contributed by atoms with Gasteiger partial charge in [0.15, 0.2) is 0 Å². The minimum absolute atomic E-state index is 0.0951. The van der Waals surface area contributed by atoms with Crippen LogP contribution in [-0.4, -0.2) is 24.4 Å². The molecule has 0 aliphatic heterocycles. The lowest BCUT2D eigenvalue weighted by Gasteiger charge is -2.11. The number of aromatic nitrogens is 2. The summed E-state index contributed by atoms with van der Waals surface area (Å²) in [7, 11) is -4.47. The summed E-state index contributed by atoms with van der Waals surface area (Å²) < 4.78 is 51.8. The van der Waals surface area contributed by atoms with Gasteiger partial charge in [0.25, 0.3) is 16.4 Å². The lowest BCUT2D eigenvalue weighted by atomic mass is 10.2. The first-order chi connectivity index (χ1) is 11.2. The molecule has 0 aliphatic rings. The van der Waals surface area contributed by atoms with Crippen molar-refractivity contribution < 1.29 is 22.0 Å². The maximum absolute atomic E-state index is 12.9. The molecule has 1 aromatic carbocycles. The maximum atomic E-state index is 12.9. The second kappa shape index (κ2) is 6.87. The van der Waals surface area contributed by atoms with Crippen molar-refractivity contribution in [3.05, 3.63) is 47.3 Å². The molecule has 2 amide bonds. The first-order valence-corrected chi connectivity index (χ1v) is 8.20. The molecule has 128 valence electrons. The Bertz CT molecular complexity index is 852. The molecular formula is C14H14F2N4O3S. The molecule has 0 atom stereocenters. The molecule has 10 heteroatoms. The Morgan fingerprint density at radius 2 is 1.71 bits per heavy atom. The highest BCUT2D eigenvalue weighted by atomic mass is 32.2. The number of aryl methyl sites for hydroxylation is 2. The van der Waals surface area contributed by atoms with Crippen LogP contribution in [0, 0.1) is 13.8 Å². The summed E-state index contributed by atoms with van der Waals surface area (Å²) in [5, 5.41) is 2.16. The monoisotopic (exact) mass is 356 g/mol. The number of alkyl halides is 2. The quantitative estimate of drug-likeness (QED) is 0.877. The molecular weight excluding hydrogens is 342 g/mol. The number of hydrogen-bond donors (Lipinski definition) is 2. The van der Waals surface area contributed by atoms with E-state index in [4.69, 9.17) is 0 Å². The first-order valence-electron chi connectivity index (χ1n) is 6.72. The Kier molecular flexibility index (Phi) is 5.07. The van der Waals surface area contributed by atoms with E-state index >= 15 is 0 Å². The number of amides is 2. The predicted octanol–water partition coefficient (Wildman–Crippen LogP) is 2.54. The summed E-state index contributed by atoms with van der Waals surface area (Å²) >= 11 is 0. The summed E-state index contributed by atoms with van der Waals surface area (Å²) in [6.45, 7) is 3.35. The zero-order valence-corrected chi connectivity index (χ0v) is 13.6. The molecule has 1 aromatic heterocycles. The van der Waals surface area contributed by atoms with E-state index in [1.807, 2.05) is 0 Å². The fourth-order valence-electron chi connectivity index (χ4n) is 1.99. The van der Waals surface area contributed by atoms with Crippen molar-refractivity contribution in [3.63, 3.8) is 0 Å². The number of urea groups is 1. The van der Waals surface area contributed by atoms with Crippen molar-refractivity contribution in [2.24, 2.45) is 0 Å². The zero-order valence-electron chi connectivity index (χ0n) is 12.7. The Morgan fingerprint density at radius 1 is 1.12 bits per heavy atom. The molecule has 0 saturated heterocycles. The van der Waals surface area contributed by atoms with Gasteiger partial charge in [0.1, 0.15) is 0 Å². The largest absolute Gasteiger partial charge is 0.335 e. The average Bonchev–Trinajstić information content (AvgIpc) is 2.45. The molecule has 0 aliphatic carbocycles. The van der Waals surface area contributed by atoms with Gasteiger partial charge in [-0.2, -0.15) is 0 Å². The smallest absolute Gasteiger partial charge is 0.275 e. The molecule has 0 bridgehead atoms. The highest BCUT2D eigenvalue weighted by Gasteiger charge is 2.25. The molecule has 0 unspecified atom stereocenters. The molecule has 2 N–H and O–H groups in total. The molecule has 1 heterocycles. The Hall–Kier alpha value is -2.62. The van der Waals surface area contributed by atoms with Gasteiger partial charge in [0.2, 0.25) is 5.95 Å². The molecule has 0 fully saturated rings. The van der Waals surface area contributed by atoms with Crippen LogP contribution in [0.1, 0.15) is 23.4 Å². The van der Waals surface area contributed by atoms with E-state index in [1.165, 1.54) is 12.1 Å². The Morgan fingerprint density at radius 3 is 2.29 bits per heavy atom. The van der Waals surface area contributed by atoms with Crippen LogP contribution in [0.15, 0.2) is 35.2 Å². The molecule has 0 radical (unpaired) electrons. The number of carbonyl (C=O) groups is 1. The number of halogens is 2. The molecule has 0 spiro atoms. The van der Waals surface area contributed by atoms with Crippen molar-refractivity contribution in [1.82, 2.24) is 14.7 Å². The third kappa shape index (κ3) is 4.22. The van der Waals surface area contributed by atoms with Gasteiger partial charge in [-0.05, 0) is 26.0 Å². The van der Waals surface area contributed by atoms with E-state index in [2.05, 4.69) is 15.3 Å². The summed E-state index contributed by atoms with van der Waals surface area (Å²) in [6, 6.07) is 5.05. The van der Waals surface area contributed by atoms with Gasteiger partial charge in [-0.3, -0.25) is 5.32 Å². The summed E-state index contributed by atoms with van der Waals surface area (Å²) in [5.41, 5.74) is 0.452. The molecule has 7 nitrogen and oxygen atoms in total. The second-order valence-corrected chi connectivity index (χ2v) is 6.52. The third-order valence-corrected chi connectivity index (χ3v) is 4.28. The second-order valence-electron chi connectivity index (χ2n) is 4.87. The fraction of sp³-hybridized carbons (Fsp3) is 0.214. The number of nitrogens with zero attached hydrogens (tertiary/aromatic N) is 2. The van der Waals surface area contributed by atoms with E-state index in [9.17, 15) is 22.0 Å². The molecule has 2 rings (SSSR count). The molecule has 24 heavy (non-hydrogen) atoms. The van der Waals surface area contributed by atoms with Crippen LogP contribution >= 0.6 is 0 Å². The number of hydrogen-bond acceptors (Lipinski definition) is 5. The van der Waals surface area contributed by atoms with E-state index in [1.54, 1.807) is 24.6 Å². The SMILES string of the molecule is Cc1cc(C)nc(NC(=O)NS(=O)(=O)c2ccccc2C(F)F)n1. The van der Waals surface area contributed by atoms with Gasteiger partial charge < -0.3 is 0 Å². The zero-order chi connectivity index (χ0) is 17.9. The van der Waals surface area contributed by atoms with E-state index in [0.29, 0.717) is 11.4 Å². The van der Waals surface area contributed by atoms with Crippen LogP contribution < -0.4 is 10.0 Å². The number of benzene rings is 1. The van der Waals surface area contributed by atoms with Crippen molar-refractivity contribution >= 4 is 22.0 Å². The van der Waals surface area contributed by atoms with Crippen LogP contribution in [0.4, 0.5) is 19.5 Å². The number of rotatable bonds is 4. The predicted molar refractivity (Wildman–Crippen MR) is 82.2 cm³/mol. The van der Waals surface area contributed by atoms with Crippen LogP contribution in [-0.2, 0) is 10.0 Å². The van der Waals surface area contributed by atoms with E-state index < -0.39 is 32.9 Å². The lowest BCUT2D eigenvalue weighted by Crippen LogP contribution is -2.35. The van der Waals surface area contributed by atoms with Crippen LogP contribution in [0.25, 0.3) is 0 Å². The minimum atomic E-state index is -4.47. The van der Waals surface area contributed by atoms with Crippen molar-refractivity contribution in [1.29, 1.82) is 0 Å². The fourth-order valence-corrected chi connectivity index (χ4v) is 3.12. The highest BCUT2D eigenvalue weighted by Crippen LogP contribution is 2.25. The van der Waals surface area contributed by atoms with E-state index in [-0.39, 0.29) is 5.95 Å². The van der Waals surface area contributed by atoms with Crippen molar-refractivity contribution in [2.45, 2.75) is 25.2 Å². The van der Waals surface area contributed by atoms with Crippen LogP contribution in [0.2, 0.25) is 0 Å². The highest BCUT2D eigenvalue weighted by molar-refractivity contribution is 7.90. The Labute approximate surface area is 137 Å². The third-order valence-electron chi connectivity index (χ3n) is 2.88.